The lowest BCUT2D eigenvalue weighted by atomic mass is 10.1. The molecule has 1 aromatic carbocycles. The van der Waals surface area contributed by atoms with E-state index in [-0.39, 0.29) is 11.3 Å². The van der Waals surface area contributed by atoms with Crippen LogP contribution in [-0.2, 0) is 6.18 Å². The Hall–Kier alpha value is -1.78. The van der Waals surface area contributed by atoms with E-state index >= 15 is 0 Å². The first-order valence-corrected chi connectivity index (χ1v) is 5.59. The van der Waals surface area contributed by atoms with Gasteiger partial charge in [-0.1, -0.05) is 12.2 Å². The van der Waals surface area contributed by atoms with Crippen LogP contribution in [0.1, 0.15) is 22.3 Å². The molecular weight excluding hydrogens is 243 g/mol. The number of aldehydes is 1. The molecule has 96 valence electrons. The predicted molar refractivity (Wildman–Crippen MR) is 62.8 cm³/mol. The van der Waals surface area contributed by atoms with Crippen molar-refractivity contribution in [1.29, 1.82) is 0 Å². The fourth-order valence-electron chi connectivity index (χ4n) is 1.99. The van der Waals surface area contributed by atoms with E-state index in [9.17, 15) is 18.0 Å². The lowest BCUT2D eigenvalue weighted by molar-refractivity contribution is -0.137. The Morgan fingerprint density at radius 3 is 2.56 bits per heavy atom. The van der Waals surface area contributed by atoms with E-state index in [4.69, 9.17) is 0 Å². The van der Waals surface area contributed by atoms with Crippen molar-refractivity contribution in [3.05, 3.63) is 41.5 Å². The molecule has 0 aliphatic carbocycles. The van der Waals surface area contributed by atoms with Gasteiger partial charge in [-0.2, -0.15) is 13.2 Å². The Labute approximate surface area is 103 Å². The zero-order valence-electron chi connectivity index (χ0n) is 9.57. The highest BCUT2D eigenvalue weighted by Gasteiger charge is 2.35. The van der Waals surface area contributed by atoms with Crippen LogP contribution in [-0.4, -0.2) is 19.4 Å². The van der Waals surface area contributed by atoms with Gasteiger partial charge in [-0.15, -0.1) is 0 Å². The number of alkyl halides is 3. The van der Waals surface area contributed by atoms with E-state index in [0.29, 0.717) is 19.4 Å². The second-order valence-corrected chi connectivity index (χ2v) is 4.10. The van der Waals surface area contributed by atoms with Gasteiger partial charge in [0.05, 0.1) is 5.56 Å². The van der Waals surface area contributed by atoms with Crippen LogP contribution in [0.25, 0.3) is 0 Å². The van der Waals surface area contributed by atoms with Crippen molar-refractivity contribution in [2.75, 3.05) is 18.0 Å². The van der Waals surface area contributed by atoms with Gasteiger partial charge in [0, 0.05) is 24.3 Å². The summed E-state index contributed by atoms with van der Waals surface area (Å²) in [4.78, 5) is 12.2. The standard InChI is InChI=1S/C13H12F3NO/c14-13(15,16)11-8-10(9-18)4-5-12(11)17-6-2-1-3-7-17/h1-2,4-5,8-9H,3,6-7H2. The molecule has 0 aromatic heterocycles. The minimum absolute atomic E-state index is 0.0404. The quantitative estimate of drug-likeness (QED) is 0.597. The van der Waals surface area contributed by atoms with Crippen LogP contribution in [0.15, 0.2) is 30.4 Å². The summed E-state index contributed by atoms with van der Waals surface area (Å²) in [6.45, 7) is 1.02. The molecule has 1 heterocycles. The van der Waals surface area contributed by atoms with E-state index in [1.54, 1.807) is 4.90 Å². The Balaban J connectivity index is 2.45. The van der Waals surface area contributed by atoms with Crippen molar-refractivity contribution in [2.45, 2.75) is 12.6 Å². The fraction of sp³-hybridized carbons (Fsp3) is 0.308. The molecule has 0 saturated heterocycles. The monoisotopic (exact) mass is 255 g/mol. The van der Waals surface area contributed by atoms with Gasteiger partial charge in [-0.05, 0) is 24.6 Å². The molecule has 0 spiro atoms. The lowest BCUT2D eigenvalue weighted by Gasteiger charge is -2.28. The van der Waals surface area contributed by atoms with Crippen LogP contribution in [0.4, 0.5) is 18.9 Å². The molecule has 18 heavy (non-hydrogen) atoms. The van der Waals surface area contributed by atoms with Gasteiger partial charge in [0.25, 0.3) is 0 Å². The molecule has 0 bridgehead atoms. The third kappa shape index (κ3) is 2.55. The van der Waals surface area contributed by atoms with Crippen LogP contribution < -0.4 is 4.90 Å². The molecule has 0 N–H and O–H groups in total. The summed E-state index contributed by atoms with van der Waals surface area (Å²) in [7, 11) is 0. The topological polar surface area (TPSA) is 20.3 Å². The first-order valence-electron chi connectivity index (χ1n) is 5.59. The SMILES string of the molecule is O=Cc1ccc(N2CC=CCC2)c(C(F)(F)F)c1. The molecule has 2 nitrogen and oxygen atoms in total. The third-order valence-corrected chi connectivity index (χ3v) is 2.86. The number of carbonyl (C=O) groups excluding carboxylic acids is 1. The average molecular weight is 255 g/mol. The molecule has 0 atom stereocenters. The van der Waals surface area contributed by atoms with Gasteiger partial charge in [0.1, 0.15) is 6.29 Å². The smallest absolute Gasteiger partial charge is 0.367 e. The van der Waals surface area contributed by atoms with Crippen LogP contribution in [0.5, 0.6) is 0 Å². The summed E-state index contributed by atoms with van der Waals surface area (Å²) in [5.74, 6) is 0. The molecule has 1 aromatic rings. The molecule has 0 fully saturated rings. The minimum atomic E-state index is -4.45. The molecule has 2 rings (SSSR count). The van der Waals surface area contributed by atoms with Crippen LogP contribution in [0.3, 0.4) is 0 Å². The predicted octanol–water partition coefficient (Wildman–Crippen LogP) is 3.28. The molecule has 0 saturated carbocycles. The Morgan fingerprint density at radius 2 is 2.00 bits per heavy atom. The zero-order valence-corrected chi connectivity index (χ0v) is 9.57. The number of hydrogen-bond donors (Lipinski definition) is 0. The first-order chi connectivity index (χ1) is 8.52. The summed E-state index contributed by atoms with van der Waals surface area (Å²) in [5, 5.41) is 0. The number of rotatable bonds is 2. The van der Waals surface area contributed by atoms with E-state index < -0.39 is 11.7 Å². The molecule has 1 aliphatic rings. The highest BCUT2D eigenvalue weighted by molar-refractivity contribution is 5.77. The number of nitrogens with zero attached hydrogens (tertiary/aromatic N) is 1. The maximum Gasteiger partial charge on any atom is 0.418 e. The van der Waals surface area contributed by atoms with Crippen LogP contribution >= 0.6 is 0 Å². The Morgan fingerprint density at radius 1 is 1.22 bits per heavy atom. The Kier molecular flexibility index (Phi) is 3.41. The van der Waals surface area contributed by atoms with Gasteiger partial charge in [0.15, 0.2) is 0 Å². The van der Waals surface area contributed by atoms with Crippen LogP contribution in [0.2, 0.25) is 0 Å². The summed E-state index contributed by atoms with van der Waals surface area (Å²) >= 11 is 0. The fourth-order valence-corrected chi connectivity index (χ4v) is 1.99. The molecule has 0 radical (unpaired) electrons. The van der Waals surface area contributed by atoms with E-state index in [0.717, 1.165) is 12.5 Å². The maximum atomic E-state index is 13.0. The van der Waals surface area contributed by atoms with E-state index in [1.807, 2.05) is 12.2 Å². The third-order valence-electron chi connectivity index (χ3n) is 2.86. The van der Waals surface area contributed by atoms with Crippen molar-refractivity contribution in [1.82, 2.24) is 0 Å². The van der Waals surface area contributed by atoms with Crippen molar-refractivity contribution < 1.29 is 18.0 Å². The van der Waals surface area contributed by atoms with Crippen molar-refractivity contribution in [2.24, 2.45) is 0 Å². The van der Waals surface area contributed by atoms with Crippen molar-refractivity contribution in [3.63, 3.8) is 0 Å². The second-order valence-electron chi connectivity index (χ2n) is 4.10. The maximum absolute atomic E-state index is 13.0. The van der Waals surface area contributed by atoms with Crippen LogP contribution in [0, 0.1) is 0 Å². The highest BCUT2D eigenvalue weighted by Crippen LogP contribution is 2.37. The summed E-state index contributed by atoms with van der Waals surface area (Å²) in [6.07, 6.45) is 0.498. The average Bonchev–Trinajstić information content (AvgIpc) is 2.38. The summed E-state index contributed by atoms with van der Waals surface area (Å²) < 4.78 is 38.9. The first kappa shape index (κ1) is 12.7. The highest BCUT2D eigenvalue weighted by atomic mass is 19.4. The number of benzene rings is 1. The molecule has 1 aliphatic heterocycles. The van der Waals surface area contributed by atoms with Crippen molar-refractivity contribution in [3.8, 4) is 0 Å². The number of hydrogen-bond acceptors (Lipinski definition) is 2. The van der Waals surface area contributed by atoms with Gasteiger partial charge in [0.2, 0.25) is 0 Å². The largest absolute Gasteiger partial charge is 0.418 e. The van der Waals surface area contributed by atoms with Gasteiger partial charge < -0.3 is 4.90 Å². The number of carbonyl (C=O) groups is 1. The molecule has 5 heteroatoms. The zero-order chi connectivity index (χ0) is 13.2. The number of anilines is 1. The van der Waals surface area contributed by atoms with Crippen molar-refractivity contribution >= 4 is 12.0 Å². The van der Waals surface area contributed by atoms with Gasteiger partial charge >= 0.3 is 6.18 Å². The molecule has 0 unspecified atom stereocenters. The van der Waals surface area contributed by atoms with E-state index in [1.165, 1.54) is 12.1 Å². The molecular formula is C13H12F3NO. The number of halogens is 3. The summed E-state index contributed by atoms with van der Waals surface area (Å²) in [6, 6.07) is 3.68. The lowest BCUT2D eigenvalue weighted by Crippen LogP contribution is -2.29. The normalized spacial score (nSPS) is 15.8. The summed E-state index contributed by atoms with van der Waals surface area (Å²) in [5.41, 5.74) is -0.571. The Bertz CT molecular complexity index is 480. The van der Waals surface area contributed by atoms with E-state index in [2.05, 4.69) is 0 Å². The van der Waals surface area contributed by atoms with Gasteiger partial charge in [-0.25, -0.2) is 0 Å². The van der Waals surface area contributed by atoms with Gasteiger partial charge in [-0.3, -0.25) is 4.79 Å². The minimum Gasteiger partial charge on any atom is -0.367 e. The molecule has 0 amide bonds. The second kappa shape index (κ2) is 4.84.